The molecule has 4 aliphatic heterocycles. The van der Waals surface area contributed by atoms with Gasteiger partial charge < -0.3 is 9.88 Å². The van der Waals surface area contributed by atoms with Gasteiger partial charge in [0.25, 0.3) is 5.91 Å². The van der Waals surface area contributed by atoms with E-state index in [4.69, 9.17) is 0 Å². The van der Waals surface area contributed by atoms with E-state index in [0.717, 1.165) is 52.0 Å². The van der Waals surface area contributed by atoms with Crippen LogP contribution in [0.1, 0.15) is 29.6 Å². The zero-order chi connectivity index (χ0) is 31.3. The van der Waals surface area contributed by atoms with Gasteiger partial charge in [-0.05, 0) is 54.8 Å². The maximum atomic E-state index is 15.3. The third-order valence-corrected chi connectivity index (χ3v) is 9.49. The van der Waals surface area contributed by atoms with Gasteiger partial charge in [0, 0.05) is 78.5 Å². The molecule has 8 rings (SSSR count). The summed E-state index contributed by atoms with van der Waals surface area (Å²) in [5.41, 5.74) is 4.61. The predicted octanol–water partition coefficient (Wildman–Crippen LogP) is 5.36. The van der Waals surface area contributed by atoms with Crippen LogP contribution in [0.15, 0.2) is 85.7 Å². The van der Waals surface area contributed by atoms with E-state index in [2.05, 4.69) is 36.0 Å². The lowest BCUT2D eigenvalue weighted by molar-refractivity contribution is -0.0412. The number of halogens is 1. The Labute approximate surface area is 264 Å². The summed E-state index contributed by atoms with van der Waals surface area (Å²) in [6.07, 6.45) is 10.9. The van der Waals surface area contributed by atoms with E-state index in [9.17, 15) is 10.1 Å². The Bertz CT molecular complexity index is 2080. The van der Waals surface area contributed by atoms with Gasteiger partial charge in [-0.15, -0.1) is 0 Å². The summed E-state index contributed by atoms with van der Waals surface area (Å²) in [5, 5.41) is 15.3. The Morgan fingerprint density at radius 1 is 1.00 bits per heavy atom. The number of fused-ring (bicyclic) bond motifs is 2. The van der Waals surface area contributed by atoms with Crippen LogP contribution in [0.4, 0.5) is 4.39 Å². The van der Waals surface area contributed by atoms with Crippen LogP contribution in [0.2, 0.25) is 0 Å². The first kappa shape index (κ1) is 28.0. The van der Waals surface area contributed by atoms with Crippen molar-refractivity contribution < 1.29 is 9.18 Å². The number of H-pyrrole nitrogens is 1. The van der Waals surface area contributed by atoms with Crippen molar-refractivity contribution in [2.45, 2.75) is 30.8 Å². The highest BCUT2D eigenvalue weighted by Gasteiger charge is 2.48. The van der Waals surface area contributed by atoms with Gasteiger partial charge in [0.05, 0.1) is 36.2 Å². The molecule has 2 aromatic heterocycles. The van der Waals surface area contributed by atoms with Gasteiger partial charge in [-0.25, -0.2) is 14.4 Å². The molecule has 1 amide bonds. The number of amides is 1. The van der Waals surface area contributed by atoms with E-state index in [1.165, 1.54) is 6.07 Å². The number of nitrogens with one attached hydrogen (secondary N) is 1. The topological polar surface area (TPSA) is 120 Å². The quantitative estimate of drug-likeness (QED) is 0.269. The van der Waals surface area contributed by atoms with Crippen molar-refractivity contribution >= 4 is 16.8 Å². The molecule has 0 bridgehead atoms. The number of piperidine rings is 1. The molecule has 4 aliphatic rings. The highest BCUT2D eigenvalue weighted by Crippen LogP contribution is 2.38. The van der Waals surface area contributed by atoms with Gasteiger partial charge >= 0.3 is 0 Å². The number of likely N-dealkylation sites (tertiary alicyclic amines) is 2. The van der Waals surface area contributed by atoms with Crippen molar-refractivity contribution in [3.05, 3.63) is 97.1 Å². The van der Waals surface area contributed by atoms with Gasteiger partial charge in [0.2, 0.25) is 0 Å². The predicted molar refractivity (Wildman–Crippen MR) is 170 cm³/mol. The van der Waals surface area contributed by atoms with Crippen LogP contribution in [0.3, 0.4) is 0 Å². The Kier molecular flexibility index (Phi) is 6.80. The third kappa shape index (κ3) is 4.78. The lowest BCUT2D eigenvalue weighted by Crippen LogP contribution is -2.66. The molecular weight excluding hydrogens is 581 g/mol. The number of nitrogens with zero attached hydrogens (tertiary/aromatic N) is 8. The molecule has 0 saturated carbocycles. The van der Waals surface area contributed by atoms with Gasteiger partial charge in [0.15, 0.2) is 0 Å². The van der Waals surface area contributed by atoms with Crippen LogP contribution in [0.25, 0.3) is 44.7 Å². The van der Waals surface area contributed by atoms with Crippen molar-refractivity contribution in [2.75, 3.05) is 26.2 Å². The van der Waals surface area contributed by atoms with Gasteiger partial charge in [-0.3, -0.25) is 19.4 Å². The van der Waals surface area contributed by atoms with Crippen LogP contribution in [-0.2, 0) is 5.54 Å². The molecule has 4 aromatic rings. The van der Waals surface area contributed by atoms with Crippen molar-refractivity contribution in [1.29, 1.82) is 5.26 Å². The molecule has 0 atom stereocenters. The van der Waals surface area contributed by atoms with E-state index in [1.807, 2.05) is 52.2 Å². The average Bonchev–Trinajstić information content (AvgIpc) is 3.77. The van der Waals surface area contributed by atoms with Crippen molar-refractivity contribution in [1.82, 2.24) is 39.5 Å². The second-order valence-electron chi connectivity index (χ2n) is 12.2. The minimum absolute atomic E-state index is 0.153. The molecule has 6 heterocycles. The van der Waals surface area contributed by atoms with Crippen LogP contribution in [0, 0.1) is 17.1 Å². The summed E-state index contributed by atoms with van der Waals surface area (Å²) in [5.74, 6) is 0.196. The Balaban J connectivity index is 0.911. The maximum Gasteiger partial charge on any atom is 0.253 e. The number of aromatic nitrogens is 6. The smallest absolute Gasteiger partial charge is 0.253 e. The number of pyridine rings is 1. The third-order valence-electron chi connectivity index (χ3n) is 9.49. The van der Waals surface area contributed by atoms with E-state index >= 15 is 4.39 Å². The number of rotatable bonds is 6. The number of benzene rings is 2. The molecule has 0 unspecified atom stereocenters. The second kappa shape index (κ2) is 11.2. The fraction of sp³-hybridized carbons (Fsp3) is 0.257. The van der Waals surface area contributed by atoms with E-state index in [-0.39, 0.29) is 5.91 Å². The minimum Gasteiger partial charge on any atom is -0.339 e. The van der Waals surface area contributed by atoms with Crippen LogP contribution < -0.4 is 0 Å². The summed E-state index contributed by atoms with van der Waals surface area (Å²) >= 11 is 0. The largest absolute Gasteiger partial charge is 0.339 e. The first-order valence-corrected chi connectivity index (χ1v) is 15.4. The molecule has 2 saturated heterocycles. The Hall–Kier alpha value is -5.47. The van der Waals surface area contributed by atoms with Crippen molar-refractivity contribution in [3.63, 3.8) is 0 Å². The minimum atomic E-state index is -0.419. The van der Waals surface area contributed by atoms with E-state index in [0.29, 0.717) is 49.8 Å². The number of nitriles is 1. The van der Waals surface area contributed by atoms with E-state index in [1.54, 1.807) is 37.1 Å². The molecule has 1 N–H and O–H groups in total. The zero-order valence-electron chi connectivity index (χ0n) is 25.0. The fourth-order valence-electron chi connectivity index (χ4n) is 7.00. The maximum absolute atomic E-state index is 15.3. The zero-order valence-corrected chi connectivity index (χ0v) is 25.0. The normalized spacial score (nSPS) is 16.8. The Morgan fingerprint density at radius 3 is 2.70 bits per heavy atom. The summed E-state index contributed by atoms with van der Waals surface area (Å²) in [7, 11) is 0. The first-order valence-electron chi connectivity index (χ1n) is 15.4. The SMILES string of the molecule is N#CCC1(n2cc(-c3nc[nH]c4nccc3-4)cn2)CN(C2CCN(C(=O)c3ccc(-c4ccc5ncccc5c4)c(F)c3)CC2)C1. The van der Waals surface area contributed by atoms with Gasteiger partial charge in [-0.1, -0.05) is 18.2 Å². The number of carbonyl (C=O) groups is 1. The molecule has 2 fully saturated rings. The Morgan fingerprint density at radius 2 is 1.87 bits per heavy atom. The fourth-order valence-corrected chi connectivity index (χ4v) is 7.00. The summed E-state index contributed by atoms with van der Waals surface area (Å²) in [4.78, 5) is 33.8. The van der Waals surface area contributed by atoms with Crippen molar-refractivity contribution in [3.8, 4) is 39.8 Å². The molecule has 10 nitrogen and oxygen atoms in total. The van der Waals surface area contributed by atoms with Gasteiger partial charge in [-0.2, -0.15) is 10.4 Å². The molecule has 0 aliphatic carbocycles. The second-order valence-corrected chi connectivity index (χ2v) is 12.2. The molecule has 2 aromatic carbocycles. The van der Waals surface area contributed by atoms with Crippen LogP contribution >= 0.6 is 0 Å². The number of hydrogen-bond donors (Lipinski definition) is 1. The summed E-state index contributed by atoms with van der Waals surface area (Å²) in [6.45, 7) is 2.61. The summed E-state index contributed by atoms with van der Waals surface area (Å²) < 4.78 is 17.2. The molecule has 0 spiro atoms. The highest BCUT2D eigenvalue weighted by molar-refractivity contribution is 5.95. The monoisotopic (exact) mass is 611 g/mol. The number of hydrogen-bond acceptors (Lipinski definition) is 7. The summed E-state index contributed by atoms with van der Waals surface area (Å²) in [6, 6.07) is 18.8. The lowest BCUT2D eigenvalue weighted by Gasteiger charge is -2.53. The van der Waals surface area contributed by atoms with E-state index < -0.39 is 11.4 Å². The molecule has 11 heteroatoms. The van der Waals surface area contributed by atoms with Crippen molar-refractivity contribution in [2.24, 2.45) is 0 Å². The van der Waals surface area contributed by atoms with Gasteiger partial charge in [0.1, 0.15) is 17.2 Å². The van der Waals surface area contributed by atoms with Crippen LogP contribution in [-0.4, -0.2) is 77.6 Å². The highest BCUT2D eigenvalue weighted by atomic mass is 19.1. The molecular formula is C35H30FN9O. The average molecular weight is 612 g/mol. The lowest BCUT2D eigenvalue weighted by atomic mass is 9.83. The van der Waals surface area contributed by atoms with Crippen LogP contribution in [0.5, 0.6) is 0 Å². The standard InChI is InChI=1S/C35H30FN9O/c36-30-17-25(3-5-28(30)23-4-6-31-24(16-23)2-1-12-38-31)34(46)43-14-8-27(9-15-43)44-20-35(21-44,10-11-37)45-19-26(18-42-45)32-29-7-13-39-33(29)41-22-40-32/h1-7,12-13,16-19,22,27H,8-10,14-15,20-21H2,(H,39,40,41). The molecule has 0 radical (unpaired) electrons. The first-order chi connectivity index (χ1) is 22.5. The molecule has 228 valence electrons. The number of aromatic amines is 1. The number of carbonyl (C=O) groups excluding carboxylic acids is 1. The molecule has 46 heavy (non-hydrogen) atoms.